The van der Waals surface area contributed by atoms with Crippen LogP contribution in [0.5, 0.6) is 0 Å². The van der Waals surface area contributed by atoms with Gasteiger partial charge in [0.1, 0.15) is 0 Å². The molecule has 1 aromatic carbocycles. The van der Waals surface area contributed by atoms with Gasteiger partial charge in [-0.1, -0.05) is 24.3 Å². The molecule has 1 saturated heterocycles. The fraction of sp³-hybridized carbons (Fsp3) is 0.462. The van der Waals surface area contributed by atoms with Gasteiger partial charge in [0.15, 0.2) is 0 Å². The van der Waals surface area contributed by atoms with Gasteiger partial charge in [0, 0.05) is 25.4 Å². The van der Waals surface area contributed by atoms with Crippen molar-refractivity contribution in [2.75, 3.05) is 7.05 Å². The van der Waals surface area contributed by atoms with Crippen molar-refractivity contribution in [3.63, 3.8) is 0 Å². The normalized spacial score (nSPS) is 28.9. The molecule has 3 rings (SSSR count). The zero-order valence-electron chi connectivity index (χ0n) is 8.94. The Bertz CT molecular complexity index is 413. The van der Waals surface area contributed by atoms with Crippen LogP contribution in [-0.2, 0) is 11.2 Å². The predicted octanol–water partition coefficient (Wildman–Crippen LogP) is 1.95. The number of benzene rings is 1. The molecule has 2 nitrogen and oxygen atoms in total. The van der Waals surface area contributed by atoms with Crippen molar-refractivity contribution >= 4 is 5.91 Å². The van der Waals surface area contributed by atoms with Crippen molar-refractivity contribution in [1.29, 1.82) is 0 Å². The zero-order valence-corrected chi connectivity index (χ0v) is 8.94. The number of likely N-dealkylation sites (tertiary alicyclic amines) is 1. The van der Waals surface area contributed by atoms with Crippen molar-refractivity contribution < 1.29 is 4.79 Å². The van der Waals surface area contributed by atoms with E-state index in [9.17, 15) is 4.79 Å². The Morgan fingerprint density at radius 2 is 2.13 bits per heavy atom. The van der Waals surface area contributed by atoms with Crippen LogP contribution in [0.1, 0.15) is 29.9 Å². The number of amides is 1. The smallest absolute Gasteiger partial charge is 0.223 e. The molecule has 2 aliphatic rings. The van der Waals surface area contributed by atoms with E-state index in [1.54, 1.807) is 0 Å². The molecule has 1 fully saturated rings. The molecule has 15 heavy (non-hydrogen) atoms. The Labute approximate surface area is 89.9 Å². The van der Waals surface area contributed by atoms with Crippen LogP contribution >= 0.6 is 0 Å². The number of nitrogens with zero attached hydrogens (tertiary/aromatic N) is 1. The molecular weight excluding hydrogens is 186 g/mol. The van der Waals surface area contributed by atoms with Gasteiger partial charge in [0.05, 0.1) is 0 Å². The lowest BCUT2D eigenvalue weighted by molar-refractivity contribution is -0.127. The van der Waals surface area contributed by atoms with Gasteiger partial charge >= 0.3 is 0 Å². The van der Waals surface area contributed by atoms with Gasteiger partial charge in [-0.2, -0.15) is 0 Å². The third kappa shape index (κ3) is 1.21. The van der Waals surface area contributed by atoms with Gasteiger partial charge in [-0.25, -0.2) is 0 Å². The van der Waals surface area contributed by atoms with Crippen LogP contribution in [-0.4, -0.2) is 23.9 Å². The van der Waals surface area contributed by atoms with Crippen LogP contribution in [0.25, 0.3) is 0 Å². The molecule has 0 bridgehead atoms. The quantitative estimate of drug-likeness (QED) is 0.628. The molecule has 1 amide bonds. The molecule has 1 heterocycles. The van der Waals surface area contributed by atoms with Crippen LogP contribution in [0.15, 0.2) is 24.3 Å². The van der Waals surface area contributed by atoms with Gasteiger partial charge in [-0.05, 0) is 24.0 Å². The van der Waals surface area contributed by atoms with Gasteiger partial charge in [-0.3, -0.25) is 4.79 Å². The standard InChI is InChI=1S/C13H15NO/c1-14-12-7-6-9-4-2-3-5-10(9)11(12)8-13(14)15/h2-5,11-12H,6-8H2,1H3/t11-,12+/m0/s1. The lowest BCUT2D eigenvalue weighted by Gasteiger charge is -2.31. The molecule has 78 valence electrons. The van der Waals surface area contributed by atoms with Crippen molar-refractivity contribution in [2.24, 2.45) is 0 Å². The summed E-state index contributed by atoms with van der Waals surface area (Å²) in [7, 11) is 1.95. The first-order chi connectivity index (χ1) is 7.27. The van der Waals surface area contributed by atoms with E-state index in [0.717, 1.165) is 12.8 Å². The second-order valence-electron chi connectivity index (χ2n) is 4.62. The second-order valence-corrected chi connectivity index (χ2v) is 4.62. The van der Waals surface area contributed by atoms with E-state index >= 15 is 0 Å². The number of hydrogen-bond donors (Lipinski definition) is 0. The Balaban J connectivity index is 2.05. The summed E-state index contributed by atoms with van der Waals surface area (Å²) in [5.74, 6) is 0.758. The largest absolute Gasteiger partial charge is 0.342 e. The van der Waals surface area contributed by atoms with Crippen LogP contribution in [0.3, 0.4) is 0 Å². The third-order valence-electron chi connectivity index (χ3n) is 3.91. The first-order valence-electron chi connectivity index (χ1n) is 5.61. The Morgan fingerprint density at radius 3 is 3.00 bits per heavy atom. The summed E-state index contributed by atoms with van der Waals surface area (Å²) in [6.07, 6.45) is 2.96. The second kappa shape index (κ2) is 3.09. The Hall–Kier alpha value is -1.31. The number of rotatable bonds is 0. The highest BCUT2D eigenvalue weighted by molar-refractivity contribution is 5.80. The number of carbonyl (C=O) groups excluding carboxylic acids is 1. The summed E-state index contributed by atoms with van der Waals surface area (Å²) >= 11 is 0. The van der Waals surface area contributed by atoms with Gasteiger partial charge < -0.3 is 4.90 Å². The minimum absolute atomic E-state index is 0.307. The summed E-state index contributed by atoms with van der Waals surface area (Å²) < 4.78 is 0. The van der Waals surface area contributed by atoms with Gasteiger partial charge in [-0.15, -0.1) is 0 Å². The average Bonchev–Trinajstić information content (AvgIpc) is 2.56. The Kier molecular flexibility index (Phi) is 1.84. The van der Waals surface area contributed by atoms with Crippen LogP contribution in [0, 0.1) is 0 Å². The van der Waals surface area contributed by atoms with E-state index < -0.39 is 0 Å². The molecular formula is C13H15NO. The van der Waals surface area contributed by atoms with E-state index in [1.165, 1.54) is 11.1 Å². The summed E-state index contributed by atoms with van der Waals surface area (Å²) in [5, 5.41) is 0. The maximum Gasteiger partial charge on any atom is 0.223 e. The molecule has 1 aliphatic heterocycles. The molecule has 0 aromatic heterocycles. The van der Waals surface area contributed by atoms with Crippen molar-refractivity contribution in [3.05, 3.63) is 35.4 Å². The molecule has 0 N–H and O–H groups in total. The Morgan fingerprint density at radius 1 is 1.33 bits per heavy atom. The summed E-state index contributed by atoms with van der Waals surface area (Å²) in [4.78, 5) is 13.6. The van der Waals surface area contributed by atoms with E-state index in [2.05, 4.69) is 24.3 Å². The van der Waals surface area contributed by atoms with E-state index in [-0.39, 0.29) is 0 Å². The zero-order chi connectivity index (χ0) is 10.4. The highest BCUT2D eigenvalue weighted by Crippen LogP contribution is 2.41. The number of aryl methyl sites for hydroxylation is 1. The lowest BCUT2D eigenvalue weighted by atomic mass is 9.80. The maximum atomic E-state index is 11.7. The van der Waals surface area contributed by atoms with Crippen LogP contribution in [0.4, 0.5) is 0 Å². The first-order valence-corrected chi connectivity index (χ1v) is 5.61. The molecule has 0 unspecified atom stereocenters. The molecule has 0 radical (unpaired) electrons. The van der Waals surface area contributed by atoms with E-state index in [1.807, 2.05) is 11.9 Å². The van der Waals surface area contributed by atoms with E-state index in [0.29, 0.717) is 24.3 Å². The SMILES string of the molecule is CN1C(=O)C[C@H]2c3ccccc3CC[C@H]21. The minimum atomic E-state index is 0.307. The minimum Gasteiger partial charge on any atom is -0.342 e. The van der Waals surface area contributed by atoms with Crippen LogP contribution in [0.2, 0.25) is 0 Å². The fourth-order valence-electron chi connectivity index (χ4n) is 3.06. The molecule has 2 atom stereocenters. The molecule has 0 saturated carbocycles. The molecule has 2 heteroatoms. The van der Waals surface area contributed by atoms with Crippen molar-refractivity contribution in [1.82, 2.24) is 4.90 Å². The fourth-order valence-corrected chi connectivity index (χ4v) is 3.06. The topological polar surface area (TPSA) is 20.3 Å². The number of likely N-dealkylation sites (N-methyl/N-ethyl adjacent to an activating group) is 1. The summed E-state index contributed by atoms with van der Waals surface area (Å²) in [5.41, 5.74) is 2.85. The molecule has 1 aromatic rings. The van der Waals surface area contributed by atoms with Crippen molar-refractivity contribution in [3.8, 4) is 0 Å². The number of hydrogen-bond acceptors (Lipinski definition) is 1. The first kappa shape index (κ1) is 8.96. The molecule has 1 aliphatic carbocycles. The number of fused-ring (bicyclic) bond motifs is 3. The monoisotopic (exact) mass is 201 g/mol. The highest BCUT2D eigenvalue weighted by Gasteiger charge is 2.40. The maximum absolute atomic E-state index is 11.7. The summed E-state index contributed by atoms with van der Waals surface area (Å²) in [6.45, 7) is 0. The number of carbonyl (C=O) groups is 1. The predicted molar refractivity (Wildman–Crippen MR) is 58.7 cm³/mol. The summed E-state index contributed by atoms with van der Waals surface area (Å²) in [6, 6.07) is 9.03. The average molecular weight is 201 g/mol. The molecule has 0 spiro atoms. The highest BCUT2D eigenvalue weighted by atomic mass is 16.2. The lowest BCUT2D eigenvalue weighted by Crippen LogP contribution is -2.33. The van der Waals surface area contributed by atoms with Crippen LogP contribution < -0.4 is 0 Å². The third-order valence-corrected chi connectivity index (χ3v) is 3.91. The van der Waals surface area contributed by atoms with Crippen molar-refractivity contribution in [2.45, 2.75) is 31.2 Å². The van der Waals surface area contributed by atoms with Gasteiger partial charge in [0.2, 0.25) is 5.91 Å². The van der Waals surface area contributed by atoms with E-state index in [4.69, 9.17) is 0 Å². The van der Waals surface area contributed by atoms with Gasteiger partial charge in [0.25, 0.3) is 0 Å².